The number of aryl methyl sites for hydroxylation is 1. The van der Waals surface area contributed by atoms with Gasteiger partial charge in [0.15, 0.2) is 0 Å². The second-order valence-electron chi connectivity index (χ2n) is 6.69. The van der Waals surface area contributed by atoms with E-state index in [1.807, 2.05) is 25.1 Å². The Hall–Kier alpha value is -2.58. The molecule has 0 aliphatic carbocycles. The van der Waals surface area contributed by atoms with Gasteiger partial charge in [-0.25, -0.2) is 9.37 Å². The van der Waals surface area contributed by atoms with Gasteiger partial charge in [0.2, 0.25) is 11.0 Å². The van der Waals surface area contributed by atoms with Crippen molar-refractivity contribution in [3.8, 4) is 5.13 Å². The van der Waals surface area contributed by atoms with Gasteiger partial charge in [-0.15, -0.1) is 0 Å². The van der Waals surface area contributed by atoms with E-state index < -0.39 is 0 Å². The quantitative estimate of drug-likeness (QED) is 0.452. The van der Waals surface area contributed by atoms with Gasteiger partial charge in [0, 0.05) is 22.4 Å². The minimum atomic E-state index is -0.373. The topological polar surface area (TPSA) is 59.8 Å². The van der Waals surface area contributed by atoms with Gasteiger partial charge in [-0.05, 0) is 36.8 Å². The zero-order valence-corrected chi connectivity index (χ0v) is 17.1. The first kappa shape index (κ1) is 17.5. The number of aromatic nitrogens is 3. The minimum Gasteiger partial charge on any atom is -0.310 e. The second kappa shape index (κ2) is 6.49. The molecule has 8 heteroatoms. The van der Waals surface area contributed by atoms with E-state index in [1.54, 1.807) is 22.9 Å². The fourth-order valence-electron chi connectivity index (χ4n) is 3.69. The van der Waals surface area contributed by atoms with E-state index in [0.29, 0.717) is 16.5 Å². The Balaban J connectivity index is 1.69. The molecule has 0 bridgehead atoms. The molecule has 1 aliphatic heterocycles. The number of amides is 1. The molecule has 0 fully saturated rings. The third-order valence-electron chi connectivity index (χ3n) is 4.90. The van der Waals surface area contributed by atoms with Crippen LogP contribution < -0.4 is 5.32 Å². The summed E-state index contributed by atoms with van der Waals surface area (Å²) in [6.45, 7) is 1.88. The lowest BCUT2D eigenvalue weighted by Crippen LogP contribution is -2.25. The van der Waals surface area contributed by atoms with Crippen molar-refractivity contribution in [3.05, 3.63) is 69.6 Å². The van der Waals surface area contributed by atoms with Crippen molar-refractivity contribution in [2.45, 2.75) is 19.3 Å². The van der Waals surface area contributed by atoms with E-state index in [0.717, 1.165) is 25.9 Å². The summed E-state index contributed by atoms with van der Waals surface area (Å²) in [6.07, 6.45) is 0.188. The number of nitrogens with zero attached hydrogens (tertiary/aromatic N) is 3. The van der Waals surface area contributed by atoms with Crippen molar-refractivity contribution in [3.63, 3.8) is 0 Å². The number of carbonyl (C=O) groups is 1. The second-order valence-corrected chi connectivity index (χ2v) is 8.62. The van der Waals surface area contributed by atoms with Crippen molar-refractivity contribution in [2.75, 3.05) is 5.32 Å². The molecule has 0 radical (unpaired) electrons. The largest absolute Gasteiger partial charge is 0.310 e. The standard InChI is InChI=1S/C20H14BrFN4OS/c1-10-18-13(12-4-2-3-5-14(12)22)9-17(27)24-19(18)26(25-10)20-23-15-7-6-11(21)8-16(15)28-20/h2-8,13H,9H2,1H3,(H,24,27)/t13-/m0/s1. The van der Waals surface area contributed by atoms with Crippen molar-refractivity contribution in [1.82, 2.24) is 14.8 Å². The molecule has 1 aliphatic rings. The minimum absolute atomic E-state index is 0.161. The summed E-state index contributed by atoms with van der Waals surface area (Å²) in [5.41, 5.74) is 2.96. The van der Waals surface area contributed by atoms with Gasteiger partial charge in [-0.3, -0.25) is 4.79 Å². The molecule has 1 atom stereocenters. The normalized spacial score (nSPS) is 16.2. The number of halogens is 2. The molecule has 5 rings (SSSR count). The van der Waals surface area contributed by atoms with Crippen LogP contribution in [0.1, 0.15) is 29.2 Å². The molecular formula is C20H14BrFN4OS. The third-order valence-corrected chi connectivity index (χ3v) is 6.39. The first-order valence-electron chi connectivity index (χ1n) is 8.71. The zero-order valence-electron chi connectivity index (χ0n) is 14.7. The maximum atomic E-state index is 14.5. The van der Waals surface area contributed by atoms with Crippen LogP contribution in [0.15, 0.2) is 46.9 Å². The van der Waals surface area contributed by atoms with Crippen LogP contribution in [0.25, 0.3) is 15.3 Å². The molecule has 140 valence electrons. The number of hydrogen-bond acceptors (Lipinski definition) is 4. The first-order valence-corrected chi connectivity index (χ1v) is 10.3. The van der Waals surface area contributed by atoms with E-state index in [-0.39, 0.29) is 24.1 Å². The van der Waals surface area contributed by atoms with Gasteiger partial charge in [0.1, 0.15) is 11.6 Å². The number of nitrogens with one attached hydrogen (secondary N) is 1. The predicted octanol–water partition coefficient (Wildman–Crippen LogP) is 5.17. The lowest BCUT2D eigenvalue weighted by Gasteiger charge is -2.24. The Morgan fingerprint density at radius 2 is 2.11 bits per heavy atom. The monoisotopic (exact) mass is 456 g/mol. The van der Waals surface area contributed by atoms with Gasteiger partial charge in [-0.2, -0.15) is 9.78 Å². The number of hydrogen-bond donors (Lipinski definition) is 1. The van der Waals surface area contributed by atoms with E-state index in [1.165, 1.54) is 17.4 Å². The average Bonchev–Trinajstić information content (AvgIpc) is 3.22. The van der Waals surface area contributed by atoms with Gasteiger partial charge in [0.05, 0.1) is 15.9 Å². The highest BCUT2D eigenvalue weighted by Crippen LogP contribution is 2.41. The van der Waals surface area contributed by atoms with Crippen molar-refractivity contribution >= 4 is 49.2 Å². The molecule has 4 aromatic rings. The summed E-state index contributed by atoms with van der Waals surface area (Å²) in [7, 11) is 0. The molecule has 28 heavy (non-hydrogen) atoms. The van der Waals surface area contributed by atoms with Gasteiger partial charge >= 0.3 is 0 Å². The number of rotatable bonds is 2. The highest BCUT2D eigenvalue weighted by Gasteiger charge is 2.34. The molecule has 0 spiro atoms. The van der Waals surface area contributed by atoms with Crippen LogP contribution in [0.5, 0.6) is 0 Å². The summed E-state index contributed by atoms with van der Waals surface area (Å²) in [6, 6.07) is 12.5. The molecule has 2 aromatic carbocycles. The van der Waals surface area contributed by atoms with Crippen LogP contribution in [0.4, 0.5) is 10.2 Å². The summed E-state index contributed by atoms with van der Waals surface area (Å²) < 4.78 is 18.1. The Kier molecular flexibility index (Phi) is 4.06. The molecule has 1 N–H and O–H groups in total. The van der Waals surface area contributed by atoms with E-state index in [2.05, 4.69) is 31.3 Å². The number of thiazole rings is 1. The zero-order chi connectivity index (χ0) is 19.4. The van der Waals surface area contributed by atoms with Crippen molar-refractivity contribution in [2.24, 2.45) is 0 Å². The number of benzene rings is 2. The third kappa shape index (κ3) is 2.75. The van der Waals surface area contributed by atoms with Crippen LogP contribution in [0, 0.1) is 12.7 Å². The molecule has 0 unspecified atom stereocenters. The maximum absolute atomic E-state index is 14.5. The Morgan fingerprint density at radius 3 is 2.93 bits per heavy atom. The molecule has 0 saturated carbocycles. The Morgan fingerprint density at radius 1 is 1.29 bits per heavy atom. The van der Waals surface area contributed by atoms with Gasteiger partial charge in [-0.1, -0.05) is 45.5 Å². The van der Waals surface area contributed by atoms with Crippen LogP contribution in [0.3, 0.4) is 0 Å². The SMILES string of the molecule is Cc1nn(-c2nc3ccc(Br)cc3s2)c2c1[C@H](c1ccccc1F)CC(=O)N2. The fourth-order valence-corrected chi connectivity index (χ4v) is 5.16. The molecule has 3 heterocycles. The van der Waals surface area contributed by atoms with Crippen LogP contribution in [-0.4, -0.2) is 20.7 Å². The highest BCUT2D eigenvalue weighted by atomic mass is 79.9. The Bertz CT molecular complexity index is 1250. The summed E-state index contributed by atoms with van der Waals surface area (Å²) in [5.74, 6) is -0.279. The molecule has 2 aromatic heterocycles. The average molecular weight is 457 g/mol. The highest BCUT2D eigenvalue weighted by molar-refractivity contribution is 9.10. The van der Waals surface area contributed by atoms with Crippen molar-refractivity contribution in [1.29, 1.82) is 0 Å². The van der Waals surface area contributed by atoms with Crippen LogP contribution in [0.2, 0.25) is 0 Å². The van der Waals surface area contributed by atoms with Gasteiger partial charge in [0.25, 0.3) is 0 Å². The summed E-state index contributed by atoms with van der Waals surface area (Å²) >= 11 is 4.96. The smallest absolute Gasteiger partial charge is 0.226 e. The van der Waals surface area contributed by atoms with E-state index >= 15 is 0 Å². The van der Waals surface area contributed by atoms with E-state index in [4.69, 9.17) is 0 Å². The summed E-state index contributed by atoms with van der Waals surface area (Å²) in [4.78, 5) is 17.1. The number of anilines is 1. The summed E-state index contributed by atoms with van der Waals surface area (Å²) in [5, 5.41) is 8.21. The molecule has 0 saturated heterocycles. The fraction of sp³-hybridized carbons (Fsp3) is 0.150. The molecular weight excluding hydrogens is 443 g/mol. The van der Waals surface area contributed by atoms with Crippen LogP contribution in [-0.2, 0) is 4.79 Å². The lowest BCUT2D eigenvalue weighted by atomic mass is 9.85. The van der Waals surface area contributed by atoms with Gasteiger partial charge < -0.3 is 5.32 Å². The maximum Gasteiger partial charge on any atom is 0.226 e. The van der Waals surface area contributed by atoms with E-state index in [9.17, 15) is 9.18 Å². The predicted molar refractivity (Wildman–Crippen MR) is 111 cm³/mol. The lowest BCUT2D eigenvalue weighted by molar-refractivity contribution is -0.116. The Labute approximate surface area is 172 Å². The molecule has 5 nitrogen and oxygen atoms in total. The first-order chi connectivity index (χ1) is 13.5. The molecule has 1 amide bonds. The number of carbonyl (C=O) groups excluding carboxylic acids is 1. The van der Waals surface area contributed by atoms with Crippen LogP contribution >= 0.6 is 27.3 Å². The number of fused-ring (bicyclic) bond motifs is 2. The van der Waals surface area contributed by atoms with Crippen molar-refractivity contribution < 1.29 is 9.18 Å².